The van der Waals surface area contributed by atoms with Gasteiger partial charge in [0.25, 0.3) is 0 Å². The lowest BCUT2D eigenvalue weighted by atomic mass is 10.3. The minimum absolute atomic E-state index is 0.602. The molecule has 1 N–H and O–H groups in total. The fraction of sp³-hybridized carbons (Fsp3) is 0.667. The van der Waals surface area contributed by atoms with Crippen LogP contribution in [0.15, 0.2) is 4.99 Å². The molecule has 1 atom stereocenters. The van der Waals surface area contributed by atoms with Crippen molar-refractivity contribution in [1.82, 2.24) is 0 Å². The molecule has 52 valence electrons. The molecule has 0 aromatic heterocycles. The lowest BCUT2D eigenvalue weighted by Gasteiger charge is -1.97. The van der Waals surface area contributed by atoms with Crippen molar-refractivity contribution in [3.05, 3.63) is 0 Å². The molecule has 0 fully saturated rings. The van der Waals surface area contributed by atoms with E-state index in [4.69, 9.17) is 5.11 Å². The van der Waals surface area contributed by atoms with E-state index in [1.807, 2.05) is 0 Å². The van der Waals surface area contributed by atoms with Crippen LogP contribution in [0.5, 0.6) is 0 Å². The highest BCUT2D eigenvalue weighted by Crippen LogP contribution is 1.89. The normalized spacial score (nSPS) is 12.3. The van der Waals surface area contributed by atoms with Gasteiger partial charge in [-0.05, 0) is 20.8 Å². The first-order valence-electron chi connectivity index (χ1n) is 2.78. The summed E-state index contributed by atoms with van der Waals surface area (Å²) in [5, 5.41) is 8.32. The first kappa shape index (κ1) is 8.14. The molecule has 1 unspecified atom stereocenters. The number of aliphatic carboxylic acids is 1. The van der Waals surface area contributed by atoms with Crippen molar-refractivity contribution in [2.45, 2.75) is 26.8 Å². The largest absolute Gasteiger partial charge is 0.480 e. The number of carbonyl (C=O) groups is 1. The Kier molecular flexibility index (Phi) is 2.91. The summed E-state index contributed by atoms with van der Waals surface area (Å²) >= 11 is 0. The summed E-state index contributed by atoms with van der Waals surface area (Å²) in [6.45, 7) is 5.11. The van der Waals surface area contributed by atoms with Crippen LogP contribution in [0.2, 0.25) is 0 Å². The maximum Gasteiger partial charge on any atom is 0.328 e. The fourth-order valence-corrected chi connectivity index (χ4v) is 0.443. The van der Waals surface area contributed by atoms with E-state index in [9.17, 15) is 4.79 Å². The number of hydrogen-bond acceptors (Lipinski definition) is 2. The summed E-state index contributed by atoms with van der Waals surface area (Å²) in [4.78, 5) is 13.9. The molecule has 0 saturated carbocycles. The average molecular weight is 129 g/mol. The smallest absolute Gasteiger partial charge is 0.328 e. The first-order valence-corrected chi connectivity index (χ1v) is 2.78. The maximum absolute atomic E-state index is 10.1. The molecule has 0 aromatic rings. The van der Waals surface area contributed by atoms with Crippen LogP contribution in [0.25, 0.3) is 0 Å². The summed E-state index contributed by atoms with van der Waals surface area (Å²) in [7, 11) is 0. The molecule has 0 amide bonds. The molecule has 0 bridgehead atoms. The zero-order valence-corrected chi connectivity index (χ0v) is 5.88. The Hall–Kier alpha value is -0.860. The third kappa shape index (κ3) is 3.70. The number of carboxylic acids is 1. The SMILES string of the molecule is CC(C)=NC(C)C(=O)O. The number of nitrogens with zero attached hydrogens (tertiary/aromatic N) is 1. The molecule has 0 aliphatic carbocycles. The van der Waals surface area contributed by atoms with E-state index in [2.05, 4.69) is 4.99 Å². The monoisotopic (exact) mass is 129 g/mol. The van der Waals surface area contributed by atoms with Gasteiger partial charge in [0.2, 0.25) is 0 Å². The highest BCUT2D eigenvalue weighted by Gasteiger charge is 2.06. The lowest BCUT2D eigenvalue weighted by Crippen LogP contribution is -2.13. The zero-order chi connectivity index (χ0) is 7.44. The summed E-state index contributed by atoms with van der Waals surface area (Å²) in [6.07, 6.45) is 0. The lowest BCUT2D eigenvalue weighted by molar-refractivity contribution is -0.137. The topological polar surface area (TPSA) is 49.7 Å². The van der Waals surface area contributed by atoms with Gasteiger partial charge in [0.15, 0.2) is 0 Å². The molecular weight excluding hydrogens is 118 g/mol. The van der Waals surface area contributed by atoms with Gasteiger partial charge in [-0.15, -0.1) is 0 Å². The van der Waals surface area contributed by atoms with E-state index >= 15 is 0 Å². The van der Waals surface area contributed by atoms with Gasteiger partial charge in [0.05, 0.1) is 0 Å². The Morgan fingerprint density at radius 3 is 2.11 bits per heavy atom. The van der Waals surface area contributed by atoms with Crippen LogP contribution in [0.4, 0.5) is 0 Å². The van der Waals surface area contributed by atoms with E-state index in [1.165, 1.54) is 0 Å². The van der Waals surface area contributed by atoms with Gasteiger partial charge in [-0.25, -0.2) is 4.79 Å². The van der Waals surface area contributed by atoms with Crippen LogP contribution in [0.3, 0.4) is 0 Å². The van der Waals surface area contributed by atoms with Gasteiger partial charge < -0.3 is 5.11 Å². The van der Waals surface area contributed by atoms with Gasteiger partial charge in [-0.2, -0.15) is 0 Å². The number of hydrogen-bond donors (Lipinski definition) is 1. The minimum Gasteiger partial charge on any atom is -0.480 e. The maximum atomic E-state index is 10.1. The number of carboxylic acid groups (broad SMARTS) is 1. The van der Waals surface area contributed by atoms with Crippen molar-refractivity contribution in [2.75, 3.05) is 0 Å². The van der Waals surface area contributed by atoms with Crippen LogP contribution < -0.4 is 0 Å². The molecule has 0 radical (unpaired) electrons. The Morgan fingerprint density at radius 1 is 1.56 bits per heavy atom. The van der Waals surface area contributed by atoms with Gasteiger partial charge in [0.1, 0.15) is 6.04 Å². The Morgan fingerprint density at radius 2 is 2.00 bits per heavy atom. The Labute approximate surface area is 54.4 Å². The summed E-state index contributed by atoms with van der Waals surface area (Å²) < 4.78 is 0. The number of rotatable bonds is 2. The van der Waals surface area contributed by atoms with Crippen LogP contribution in [-0.2, 0) is 4.79 Å². The second kappa shape index (κ2) is 3.22. The van der Waals surface area contributed by atoms with Gasteiger partial charge in [-0.1, -0.05) is 0 Å². The Balaban J connectivity index is 3.91. The zero-order valence-electron chi connectivity index (χ0n) is 5.88. The highest BCUT2D eigenvalue weighted by atomic mass is 16.4. The highest BCUT2D eigenvalue weighted by molar-refractivity contribution is 5.83. The van der Waals surface area contributed by atoms with Crippen molar-refractivity contribution < 1.29 is 9.90 Å². The van der Waals surface area contributed by atoms with Crippen molar-refractivity contribution in [3.8, 4) is 0 Å². The van der Waals surface area contributed by atoms with Crippen LogP contribution in [0, 0.1) is 0 Å². The Bertz CT molecular complexity index is 136. The van der Waals surface area contributed by atoms with Gasteiger partial charge in [0, 0.05) is 5.71 Å². The molecule has 3 nitrogen and oxygen atoms in total. The summed E-state index contributed by atoms with van der Waals surface area (Å²) in [5.74, 6) is -0.879. The van der Waals surface area contributed by atoms with Crippen molar-refractivity contribution in [2.24, 2.45) is 4.99 Å². The first-order chi connectivity index (χ1) is 4.04. The average Bonchev–Trinajstić information content (AvgIpc) is 1.63. The van der Waals surface area contributed by atoms with Crippen LogP contribution in [0.1, 0.15) is 20.8 Å². The predicted molar refractivity (Wildman–Crippen MR) is 35.9 cm³/mol. The van der Waals surface area contributed by atoms with E-state index in [-0.39, 0.29) is 0 Å². The molecule has 0 spiro atoms. The second-order valence-electron chi connectivity index (χ2n) is 2.09. The molecule has 0 aliphatic rings. The number of aliphatic imine (C=N–C) groups is 1. The molecule has 0 rings (SSSR count). The third-order valence-electron chi connectivity index (χ3n) is 0.809. The molecule has 3 heteroatoms. The van der Waals surface area contributed by atoms with Crippen LogP contribution in [-0.4, -0.2) is 22.8 Å². The van der Waals surface area contributed by atoms with Crippen molar-refractivity contribution >= 4 is 11.7 Å². The van der Waals surface area contributed by atoms with E-state index in [0.717, 1.165) is 5.71 Å². The molecule has 0 saturated heterocycles. The summed E-state index contributed by atoms with van der Waals surface area (Å²) in [6, 6.07) is -0.602. The third-order valence-corrected chi connectivity index (χ3v) is 0.809. The van der Waals surface area contributed by atoms with E-state index in [0.29, 0.717) is 0 Å². The molecule has 9 heavy (non-hydrogen) atoms. The molecule has 0 aliphatic heterocycles. The van der Waals surface area contributed by atoms with E-state index in [1.54, 1.807) is 20.8 Å². The van der Waals surface area contributed by atoms with Crippen molar-refractivity contribution in [3.63, 3.8) is 0 Å². The second-order valence-corrected chi connectivity index (χ2v) is 2.09. The van der Waals surface area contributed by atoms with Gasteiger partial charge >= 0.3 is 5.97 Å². The summed E-state index contributed by atoms with van der Waals surface area (Å²) in [5.41, 5.74) is 0.796. The van der Waals surface area contributed by atoms with E-state index < -0.39 is 12.0 Å². The fourth-order valence-electron chi connectivity index (χ4n) is 0.443. The van der Waals surface area contributed by atoms with Gasteiger partial charge in [-0.3, -0.25) is 4.99 Å². The molecule has 0 heterocycles. The predicted octanol–water partition coefficient (Wildman–Crippen LogP) is 0.940. The molecular formula is C6H11NO2. The standard InChI is InChI=1S/C6H11NO2/c1-4(2)7-5(3)6(8)9/h5H,1-3H3,(H,8,9). The van der Waals surface area contributed by atoms with Crippen LogP contribution >= 0.6 is 0 Å². The van der Waals surface area contributed by atoms with Crippen molar-refractivity contribution in [1.29, 1.82) is 0 Å². The quantitative estimate of drug-likeness (QED) is 0.564. The minimum atomic E-state index is -0.879. The molecule has 0 aromatic carbocycles.